The Bertz CT molecular complexity index is 736. The summed E-state index contributed by atoms with van der Waals surface area (Å²) in [5, 5.41) is 1.16. The molecule has 3 aliphatic rings. The lowest BCUT2D eigenvalue weighted by atomic mass is 9.97. The smallest absolute Gasteiger partial charge is 0.170 e. The molecule has 3 fully saturated rings. The highest BCUT2D eigenvalue weighted by Crippen LogP contribution is 2.39. The molecular weight excluding hydrogens is 427 g/mol. The van der Waals surface area contributed by atoms with Crippen LogP contribution in [-0.2, 0) is 15.9 Å². The van der Waals surface area contributed by atoms with Crippen molar-refractivity contribution < 1.29 is 9.47 Å². The average molecular weight is 457 g/mol. The van der Waals surface area contributed by atoms with E-state index in [1.54, 1.807) is 0 Å². The van der Waals surface area contributed by atoms with E-state index in [4.69, 9.17) is 44.9 Å². The first-order valence-corrected chi connectivity index (χ1v) is 11.9. The fourth-order valence-electron chi connectivity index (χ4n) is 5.12. The van der Waals surface area contributed by atoms with E-state index in [2.05, 4.69) is 16.8 Å². The second kappa shape index (κ2) is 9.37. The number of likely N-dealkylation sites (N-methyl/N-ethyl adjacent to an activating group) is 1. The molecule has 1 aliphatic carbocycles. The third kappa shape index (κ3) is 4.91. The SMILES string of the molecule is CN(C(=S)Cc1ccc(Cl)c(Cl)c1)C1CCCC2(CC1N1CCCC1)OCCO2. The molecule has 4 rings (SSSR count). The van der Waals surface area contributed by atoms with Crippen LogP contribution in [0.15, 0.2) is 18.2 Å². The molecular formula is C22H30Cl2N2O2S. The minimum Gasteiger partial charge on any atom is -0.364 e. The summed E-state index contributed by atoms with van der Waals surface area (Å²) in [5.41, 5.74) is 1.10. The van der Waals surface area contributed by atoms with E-state index in [1.165, 1.54) is 12.8 Å². The van der Waals surface area contributed by atoms with Crippen LogP contribution < -0.4 is 0 Å². The molecule has 4 nitrogen and oxygen atoms in total. The fourth-order valence-corrected chi connectivity index (χ4v) is 5.74. The zero-order valence-corrected chi connectivity index (χ0v) is 19.4. The summed E-state index contributed by atoms with van der Waals surface area (Å²) in [7, 11) is 2.15. The van der Waals surface area contributed by atoms with Gasteiger partial charge in [-0.3, -0.25) is 4.90 Å². The summed E-state index contributed by atoms with van der Waals surface area (Å²) >= 11 is 18.2. The molecule has 1 aromatic rings. The molecule has 2 unspecified atom stereocenters. The molecule has 2 aliphatic heterocycles. The normalized spacial score (nSPS) is 27.3. The van der Waals surface area contributed by atoms with Gasteiger partial charge in [0.15, 0.2) is 5.79 Å². The fraction of sp³-hybridized carbons (Fsp3) is 0.682. The lowest BCUT2D eigenvalue weighted by molar-refractivity contribution is -0.173. The first-order chi connectivity index (χ1) is 14.0. The summed E-state index contributed by atoms with van der Waals surface area (Å²) in [5.74, 6) is -0.395. The van der Waals surface area contributed by atoms with Crippen LogP contribution in [0.1, 0.15) is 44.1 Å². The van der Waals surface area contributed by atoms with Gasteiger partial charge in [-0.2, -0.15) is 0 Å². The molecule has 2 saturated heterocycles. The second-order valence-electron chi connectivity index (χ2n) is 8.51. The summed E-state index contributed by atoms with van der Waals surface area (Å²) in [6.45, 7) is 3.74. The molecule has 160 valence electrons. The third-order valence-electron chi connectivity index (χ3n) is 6.68. The van der Waals surface area contributed by atoms with Crippen molar-refractivity contribution >= 4 is 40.4 Å². The van der Waals surface area contributed by atoms with Crippen LogP contribution in [0.25, 0.3) is 0 Å². The van der Waals surface area contributed by atoms with Crippen molar-refractivity contribution in [3.8, 4) is 0 Å². The third-order valence-corrected chi connectivity index (χ3v) is 7.85. The van der Waals surface area contributed by atoms with E-state index in [0.29, 0.717) is 41.8 Å². The Morgan fingerprint density at radius 1 is 1.17 bits per heavy atom. The van der Waals surface area contributed by atoms with Gasteiger partial charge in [-0.05, 0) is 56.5 Å². The van der Waals surface area contributed by atoms with Gasteiger partial charge in [0.1, 0.15) is 0 Å². The van der Waals surface area contributed by atoms with E-state index < -0.39 is 5.79 Å². The number of benzene rings is 1. The van der Waals surface area contributed by atoms with Crippen molar-refractivity contribution in [2.75, 3.05) is 33.4 Å². The molecule has 7 heteroatoms. The molecule has 1 saturated carbocycles. The Morgan fingerprint density at radius 3 is 2.59 bits per heavy atom. The molecule has 0 radical (unpaired) electrons. The lowest BCUT2D eigenvalue weighted by Crippen LogP contribution is -2.53. The molecule has 1 spiro atoms. The Hall–Kier alpha value is -0.430. The highest BCUT2D eigenvalue weighted by atomic mass is 35.5. The standard InChI is InChI=1S/C22H30Cl2N2O2S/c1-25(21(29)14-16-6-7-17(23)18(24)13-16)19-5-4-8-22(27-11-12-28-22)15-20(19)26-9-2-3-10-26/h6-7,13,19-20H,2-5,8-12,14-15H2,1H3. The Balaban J connectivity index is 1.51. The summed E-state index contributed by atoms with van der Waals surface area (Å²) in [6.07, 6.45) is 7.34. The predicted octanol–water partition coefficient (Wildman–Crippen LogP) is 4.95. The number of likely N-dealkylation sites (tertiary alicyclic amines) is 1. The zero-order chi connectivity index (χ0) is 20.4. The molecule has 1 aromatic carbocycles. The van der Waals surface area contributed by atoms with Crippen LogP contribution in [0.5, 0.6) is 0 Å². The quantitative estimate of drug-likeness (QED) is 0.597. The van der Waals surface area contributed by atoms with Gasteiger partial charge in [0.25, 0.3) is 0 Å². The Labute approximate surface area is 189 Å². The van der Waals surface area contributed by atoms with E-state index >= 15 is 0 Å². The van der Waals surface area contributed by atoms with Crippen LogP contribution in [0.3, 0.4) is 0 Å². The molecule has 0 amide bonds. The first kappa shape index (κ1) is 21.8. The molecule has 0 N–H and O–H groups in total. The number of hydrogen-bond acceptors (Lipinski definition) is 4. The monoisotopic (exact) mass is 456 g/mol. The summed E-state index contributed by atoms with van der Waals surface area (Å²) in [4.78, 5) is 5.91. The highest BCUT2D eigenvalue weighted by molar-refractivity contribution is 7.80. The summed E-state index contributed by atoms with van der Waals surface area (Å²) < 4.78 is 12.3. The van der Waals surface area contributed by atoms with Gasteiger partial charge in [0, 0.05) is 38.4 Å². The van der Waals surface area contributed by atoms with E-state index in [-0.39, 0.29) is 0 Å². The van der Waals surface area contributed by atoms with E-state index in [1.807, 2.05) is 18.2 Å². The van der Waals surface area contributed by atoms with Gasteiger partial charge in [0.05, 0.1) is 28.2 Å². The van der Waals surface area contributed by atoms with Crippen LogP contribution >= 0.6 is 35.4 Å². The largest absolute Gasteiger partial charge is 0.364 e. The number of thiocarbonyl (C=S) groups is 1. The molecule has 29 heavy (non-hydrogen) atoms. The van der Waals surface area contributed by atoms with Gasteiger partial charge >= 0.3 is 0 Å². The zero-order valence-electron chi connectivity index (χ0n) is 17.0. The van der Waals surface area contributed by atoms with Crippen LogP contribution in [-0.4, -0.2) is 66.0 Å². The van der Waals surface area contributed by atoms with Crippen LogP contribution in [0.2, 0.25) is 10.0 Å². The average Bonchev–Trinajstić information content (AvgIpc) is 3.35. The molecule has 2 atom stereocenters. The number of halogens is 2. The molecule has 2 heterocycles. The summed E-state index contributed by atoms with van der Waals surface area (Å²) in [6, 6.07) is 6.54. The Morgan fingerprint density at radius 2 is 1.90 bits per heavy atom. The topological polar surface area (TPSA) is 24.9 Å². The van der Waals surface area contributed by atoms with Gasteiger partial charge in [-0.1, -0.05) is 41.5 Å². The first-order valence-electron chi connectivity index (χ1n) is 10.7. The van der Waals surface area contributed by atoms with Crippen molar-refractivity contribution in [1.82, 2.24) is 9.80 Å². The van der Waals surface area contributed by atoms with Gasteiger partial charge in [0.2, 0.25) is 0 Å². The second-order valence-corrected chi connectivity index (χ2v) is 9.80. The minimum absolute atomic E-state index is 0.371. The number of rotatable bonds is 4. The maximum absolute atomic E-state index is 6.20. The minimum atomic E-state index is -0.395. The van der Waals surface area contributed by atoms with Crippen molar-refractivity contribution in [2.24, 2.45) is 0 Å². The van der Waals surface area contributed by atoms with Crippen molar-refractivity contribution in [3.05, 3.63) is 33.8 Å². The van der Waals surface area contributed by atoms with Gasteiger partial charge in [-0.25, -0.2) is 0 Å². The van der Waals surface area contributed by atoms with Crippen molar-refractivity contribution in [1.29, 1.82) is 0 Å². The van der Waals surface area contributed by atoms with Crippen molar-refractivity contribution in [3.63, 3.8) is 0 Å². The van der Waals surface area contributed by atoms with Gasteiger partial charge < -0.3 is 14.4 Å². The lowest BCUT2D eigenvalue weighted by Gasteiger charge is -2.41. The number of nitrogens with zero attached hydrogens (tertiary/aromatic N) is 2. The van der Waals surface area contributed by atoms with Crippen LogP contribution in [0, 0.1) is 0 Å². The highest BCUT2D eigenvalue weighted by Gasteiger charge is 2.46. The Kier molecular flexibility index (Phi) is 7.04. The maximum atomic E-state index is 6.20. The van der Waals surface area contributed by atoms with Crippen LogP contribution in [0.4, 0.5) is 0 Å². The molecule has 0 bridgehead atoms. The van der Waals surface area contributed by atoms with Gasteiger partial charge in [-0.15, -0.1) is 0 Å². The number of hydrogen-bond donors (Lipinski definition) is 0. The van der Waals surface area contributed by atoms with E-state index in [9.17, 15) is 0 Å². The predicted molar refractivity (Wildman–Crippen MR) is 122 cm³/mol. The molecule has 0 aromatic heterocycles. The number of ether oxygens (including phenoxy) is 2. The van der Waals surface area contributed by atoms with Crippen molar-refractivity contribution in [2.45, 2.75) is 62.8 Å². The maximum Gasteiger partial charge on any atom is 0.170 e. The van der Waals surface area contributed by atoms with E-state index in [0.717, 1.165) is 49.3 Å².